The minimum absolute atomic E-state index is 0.153. The Morgan fingerprint density at radius 2 is 1.83 bits per heavy atom. The van der Waals surface area contributed by atoms with Gasteiger partial charge in [-0.05, 0) is 20.0 Å². The highest BCUT2D eigenvalue weighted by Crippen LogP contribution is 2.40. The van der Waals surface area contributed by atoms with Crippen LogP contribution in [-0.4, -0.2) is 70.4 Å². The summed E-state index contributed by atoms with van der Waals surface area (Å²) in [5.74, 6) is 1.51. The van der Waals surface area contributed by atoms with Gasteiger partial charge >= 0.3 is 6.03 Å². The highest BCUT2D eigenvalue weighted by Gasteiger charge is 2.26. The Labute approximate surface area is 137 Å². The van der Waals surface area contributed by atoms with Crippen LogP contribution in [0.2, 0.25) is 0 Å². The molecule has 0 spiro atoms. The summed E-state index contributed by atoms with van der Waals surface area (Å²) >= 11 is 0. The van der Waals surface area contributed by atoms with Gasteiger partial charge in [-0.2, -0.15) is 0 Å². The molecule has 128 valence electrons. The zero-order valence-electron chi connectivity index (χ0n) is 14.4. The zero-order chi connectivity index (χ0) is 17.0. The molecule has 1 fully saturated rings. The first-order chi connectivity index (χ1) is 11.0. The minimum Gasteiger partial charge on any atom is -0.493 e. The number of likely N-dealkylation sites (N-methyl/N-ethyl adjacent to an activating group) is 2. The van der Waals surface area contributed by atoms with Crippen LogP contribution in [0, 0.1) is 0 Å². The molecule has 2 rings (SSSR count). The van der Waals surface area contributed by atoms with E-state index in [2.05, 4.69) is 17.3 Å². The molecule has 1 aromatic rings. The van der Waals surface area contributed by atoms with Crippen LogP contribution < -0.4 is 19.5 Å². The van der Waals surface area contributed by atoms with Crippen molar-refractivity contribution >= 4 is 11.7 Å². The van der Waals surface area contributed by atoms with Crippen molar-refractivity contribution in [1.29, 1.82) is 0 Å². The van der Waals surface area contributed by atoms with Crippen LogP contribution in [0.4, 0.5) is 10.5 Å². The number of carbonyl (C=O) groups is 1. The third-order valence-electron chi connectivity index (χ3n) is 4.15. The topological polar surface area (TPSA) is 63.3 Å². The number of hydrogen-bond acceptors (Lipinski definition) is 5. The number of amides is 2. The van der Waals surface area contributed by atoms with Gasteiger partial charge in [0.25, 0.3) is 0 Å². The Kier molecular flexibility index (Phi) is 5.54. The maximum absolute atomic E-state index is 12.4. The van der Waals surface area contributed by atoms with Gasteiger partial charge < -0.3 is 29.3 Å². The Morgan fingerprint density at radius 1 is 1.22 bits per heavy atom. The van der Waals surface area contributed by atoms with E-state index in [1.165, 1.54) is 0 Å². The number of carbonyl (C=O) groups excluding carboxylic acids is 1. The van der Waals surface area contributed by atoms with Crippen LogP contribution in [0.5, 0.6) is 17.2 Å². The van der Waals surface area contributed by atoms with Gasteiger partial charge in [0, 0.05) is 31.8 Å². The second-order valence-electron chi connectivity index (χ2n) is 5.66. The van der Waals surface area contributed by atoms with E-state index < -0.39 is 0 Å². The maximum atomic E-state index is 12.4. The van der Waals surface area contributed by atoms with E-state index in [0.29, 0.717) is 22.9 Å². The van der Waals surface area contributed by atoms with Crippen LogP contribution in [0.1, 0.15) is 6.42 Å². The average Bonchev–Trinajstić information content (AvgIpc) is 2.99. The molecule has 1 aliphatic rings. The molecule has 1 heterocycles. The number of urea groups is 1. The number of benzene rings is 1. The number of nitrogens with one attached hydrogen (secondary N) is 1. The molecule has 23 heavy (non-hydrogen) atoms. The molecular weight excluding hydrogens is 298 g/mol. The van der Waals surface area contributed by atoms with Crippen molar-refractivity contribution in [2.45, 2.75) is 12.5 Å². The number of rotatable bonds is 5. The molecule has 1 saturated heterocycles. The quantitative estimate of drug-likeness (QED) is 0.896. The zero-order valence-corrected chi connectivity index (χ0v) is 14.4. The fourth-order valence-electron chi connectivity index (χ4n) is 2.76. The molecule has 1 atom stereocenters. The van der Waals surface area contributed by atoms with E-state index in [1.807, 2.05) is 7.05 Å². The van der Waals surface area contributed by atoms with Crippen LogP contribution >= 0.6 is 0 Å². The summed E-state index contributed by atoms with van der Waals surface area (Å²) in [4.78, 5) is 16.4. The summed E-state index contributed by atoms with van der Waals surface area (Å²) < 4.78 is 15.9. The molecule has 7 nitrogen and oxygen atoms in total. The average molecular weight is 323 g/mol. The fourth-order valence-corrected chi connectivity index (χ4v) is 2.76. The molecular formula is C16H25N3O4. The van der Waals surface area contributed by atoms with Gasteiger partial charge in [0.05, 0.1) is 27.0 Å². The van der Waals surface area contributed by atoms with Gasteiger partial charge in [0.2, 0.25) is 5.75 Å². The number of hydrogen-bond donors (Lipinski definition) is 1. The predicted molar refractivity (Wildman–Crippen MR) is 88.8 cm³/mol. The fraction of sp³-hybridized carbons (Fsp3) is 0.562. The van der Waals surface area contributed by atoms with E-state index in [9.17, 15) is 4.79 Å². The van der Waals surface area contributed by atoms with Gasteiger partial charge in [0.15, 0.2) is 11.5 Å². The normalized spacial score (nSPS) is 17.7. The van der Waals surface area contributed by atoms with Crippen LogP contribution in [0.25, 0.3) is 0 Å². The monoisotopic (exact) mass is 323 g/mol. The van der Waals surface area contributed by atoms with E-state index in [1.54, 1.807) is 38.4 Å². The van der Waals surface area contributed by atoms with Crippen LogP contribution in [-0.2, 0) is 0 Å². The lowest BCUT2D eigenvalue weighted by atomic mass is 10.2. The molecule has 1 N–H and O–H groups in total. The van der Waals surface area contributed by atoms with E-state index in [0.717, 1.165) is 19.5 Å². The summed E-state index contributed by atoms with van der Waals surface area (Å²) in [5, 5.41) is 2.89. The van der Waals surface area contributed by atoms with Crippen molar-refractivity contribution < 1.29 is 19.0 Å². The highest BCUT2D eigenvalue weighted by atomic mass is 16.5. The SMILES string of the molecule is COc1cc(NC(=O)N(C)C2CCN(C)C2)cc(OC)c1OC. The molecule has 1 unspecified atom stereocenters. The lowest BCUT2D eigenvalue weighted by Gasteiger charge is -2.25. The molecule has 1 aliphatic heterocycles. The predicted octanol–water partition coefficient (Wildman–Crippen LogP) is 1.88. The Balaban J connectivity index is 2.14. The highest BCUT2D eigenvalue weighted by molar-refractivity contribution is 5.90. The van der Waals surface area contributed by atoms with Gasteiger partial charge in [0.1, 0.15) is 0 Å². The summed E-state index contributed by atoms with van der Waals surface area (Å²) in [6.45, 7) is 1.89. The van der Waals surface area contributed by atoms with E-state index in [4.69, 9.17) is 14.2 Å². The van der Waals surface area contributed by atoms with Gasteiger partial charge in [-0.25, -0.2) is 4.79 Å². The van der Waals surface area contributed by atoms with Crippen molar-refractivity contribution in [3.8, 4) is 17.2 Å². The third kappa shape index (κ3) is 3.79. The molecule has 0 aromatic heterocycles. The smallest absolute Gasteiger partial charge is 0.321 e. The second-order valence-corrected chi connectivity index (χ2v) is 5.66. The van der Waals surface area contributed by atoms with E-state index >= 15 is 0 Å². The Bertz CT molecular complexity index is 539. The Morgan fingerprint density at radius 3 is 2.26 bits per heavy atom. The van der Waals surface area contributed by atoms with Gasteiger partial charge in [-0.15, -0.1) is 0 Å². The second kappa shape index (κ2) is 7.41. The first-order valence-corrected chi connectivity index (χ1v) is 7.52. The van der Waals surface area contributed by atoms with Gasteiger partial charge in [-0.1, -0.05) is 0 Å². The van der Waals surface area contributed by atoms with Gasteiger partial charge in [-0.3, -0.25) is 0 Å². The van der Waals surface area contributed by atoms with E-state index in [-0.39, 0.29) is 12.1 Å². The number of ether oxygens (including phenoxy) is 3. The summed E-state index contributed by atoms with van der Waals surface area (Å²) in [5.41, 5.74) is 0.600. The summed E-state index contributed by atoms with van der Waals surface area (Å²) in [7, 11) is 8.51. The molecule has 7 heteroatoms. The molecule has 0 radical (unpaired) electrons. The summed E-state index contributed by atoms with van der Waals surface area (Å²) in [6.07, 6.45) is 0.982. The first kappa shape index (κ1) is 17.2. The maximum Gasteiger partial charge on any atom is 0.321 e. The van der Waals surface area contributed by atoms with Crippen molar-refractivity contribution in [3.63, 3.8) is 0 Å². The molecule has 0 saturated carbocycles. The molecule has 1 aromatic carbocycles. The largest absolute Gasteiger partial charge is 0.493 e. The van der Waals surface area contributed by atoms with Crippen LogP contribution in [0.15, 0.2) is 12.1 Å². The first-order valence-electron chi connectivity index (χ1n) is 7.52. The molecule has 2 amide bonds. The van der Waals surface area contributed by atoms with Crippen molar-refractivity contribution in [2.75, 3.05) is 53.8 Å². The van der Waals surface area contributed by atoms with Crippen LogP contribution in [0.3, 0.4) is 0 Å². The molecule has 0 bridgehead atoms. The standard InChI is InChI=1S/C16H25N3O4/c1-18-7-6-12(10-18)19(2)16(20)17-11-8-13(21-3)15(23-5)14(9-11)22-4/h8-9,12H,6-7,10H2,1-5H3,(H,17,20). The summed E-state index contributed by atoms with van der Waals surface area (Å²) in [6, 6.07) is 3.50. The lowest BCUT2D eigenvalue weighted by Crippen LogP contribution is -2.41. The molecule has 0 aliphatic carbocycles. The van der Waals surface area contributed by atoms with Crippen molar-refractivity contribution in [3.05, 3.63) is 12.1 Å². The third-order valence-corrected chi connectivity index (χ3v) is 4.15. The Hall–Kier alpha value is -2.15. The van der Waals surface area contributed by atoms with Crippen molar-refractivity contribution in [1.82, 2.24) is 9.80 Å². The number of nitrogens with zero attached hydrogens (tertiary/aromatic N) is 2. The number of likely N-dealkylation sites (tertiary alicyclic amines) is 1. The van der Waals surface area contributed by atoms with Crippen molar-refractivity contribution in [2.24, 2.45) is 0 Å². The number of anilines is 1. The number of methoxy groups -OCH3 is 3. The lowest BCUT2D eigenvalue weighted by molar-refractivity contribution is 0.204. The minimum atomic E-state index is -0.153.